The number of thiocarbonyl (C=S) groups is 1. The highest BCUT2D eigenvalue weighted by molar-refractivity contribution is 7.81. The van der Waals surface area contributed by atoms with Gasteiger partial charge >= 0.3 is 0 Å². The molecule has 2 heteroatoms. The third-order valence-corrected chi connectivity index (χ3v) is 8.22. The Labute approximate surface area is 253 Å². The predicted octanol–water partition coefficient (Wildman–Crippen LogP) is 12.5. The van der Waals surface area contributed by atoms with Gasteiger partial charge in [0.1, 0.15) is 5.75 Å². The van der Waals surface area contributed by atoms with Crippen molar-refractivity contribution in [3.8, 4) is 5.75 Å². The van der Waals surface area contributed by atoms with Crippen LogP contribution in [-0.4, -0.2) is 11.5 Å². The van der Waals surface area contributed by atoms with E-state index in [4.69, 9.17) is 17.0 Å². The quantitative estimate of drug-likeness (QED) is 0.0515. The predicted molar refractivity (Wildman–Crippen MR) is 182 cm³/mol. The molecule has 0 fully saturated rings. The number of hydrogen-bond donors (Lipinski definition) is 0. The highest BCUT2D eigenvalue weighted by Gasteiger charge is 2.00. The Hall–Kier alpha value is -1.93. The number of rotatable bonds is 25. The van der Waals surface area contributed by atoms with Crippen LogP contribution in [-0.2, 0) is 6.42 Å². The first-order valence-electron chi connectivity index (χ1n) is 16.8. The zero-order chi connectivity index (χ0) is 28.5. The monoisotopic (exact) mass is 562 g/mol. The van der Waals surface area contributed by atoms with Crippen LogP contribution in [0.3, 0.4) is 0 Å². The van der Waals surface area contributed by atoms with Crippen LogP contribution in [0.25, 0.3) is 6.08 Å². The molecule has 0 aliphatic heterocycles. The summed E-state index contributed by atoms with van der Waals surface area (Å²) in [5, 5.41) is 0. The molecule has 0 atom stereocenters. The number of unbranched alkanes of at least 4 members (excludes halogenated alkanes) is 17. The van der Waals surface area contributed by atoms with E-state index in [2.05, 4.69) is 68.5 Å². The molecule has 2 rings (SSSR count). The second-order valence-corrected chi connectivity index (χ2v) is 12.0. The minimum atomic E-state index is 0.812. The SMILES string of the molecule is CCCCCCCCCCCCCCCCCCCCOc1ccc(C=CC(=S)c2ccc(CCC)cc2)cc1. The van der Waals surface area contributed by atoms with Crippen LogP contribution in [0.4, 0.5) is 0 Å². The Kier molecular flexibility index (Phi) is 20.3. The lowest BCUT2D eigenvalue weighted by atomic mass is 10.0. The van der Waals surface area contributed by atoms with Crippen LogP contribution in [0.5, 0.6) is 5.75 Å². The maximum atomic E-state index is 5.97. The molecular weight excluding hydrogens is 504 g/mol. The van der Waals surface area contributed by atoms with Crippen LogP contribution in [0, 0.1) is 0 Å². The molecule has 0 saturated heterocycles. The lowest BCUT2D eigenvalue weighted by Crippen LogP contribution is -1.97. The molecule has 0 amide bonds. The zero-order valence-corrected chi connectivity index (χ0v) is 26.8. The highest BCUT2D eigenvalue weighted by Crippen LogP contribution is 2.17. The van der Waals surface area contributed by atoms with Crippen LogP contribution in [0.1, 0.15) is 153 Å². The second kappa shape index (κ2) is 23.7. The molecule has 0 saturated carbocycles. The van der Waals surface area contributed by atoms with Crippen molar-refractivity contribution in [2.75, 3.05) is 6.61 Å². The van der Waals surface area contributed by atoms with Crippen molar-refractivity contribution in [1.29, 1.82) is 0 Å². The summed E-state index contributed by atoms with van der Waals surface area (Å²) in [6.07, 6.45) is 31.7. The van der Waals surface area contributed by atoms with Gasteiger partial charge in [0, 0.05) is 4.86 Å². The van der Waals surface area contributed by atoms with Gasteiger partial charge in [-0.2, -0.15) is 0 Å². The van der Waals surface area contributed by atoms with E-state index in [0.717, 1.165) is 41.2 Å². The fourth-order valence-corrected chi connectivity index (χ4v) is 5.47. The molecule has 0 heterocycles. The Morgan fingerprint density at radius 1 is 0.575 bits per heavy atom. The standard InChI is InChI=1S/C38H58OS/c1-3-5-6-7-8-9-10-11-12-13-14-15-16-17-18-19-20-21-33-39-37-30-25-35(26-31-37)27-32-38(40)36-28-23-34(22-4-2)24-29-36/h23-32H,3-22,33H2,1-2H3. The number of aryl methyl sites for hydroxylation is 1. The largest absolute Gasteiger partial charge is 0.494 e. The molecule has 1 nitrogen and oxygen atoms in total. The fraction of sp³-hybridized carbons (Fsp3) is 0.605. The summed E-state index contributed by atoms with van der Waals surface area (Å²) in [7, 11) is 0. The van der Waals surface area contributed by atoms with Gasteiger partial charge in [-0.25, -0.2) is 0 Å². The van der Waals surface area contributed by atoms with Gasteiger partial charge in [0.05, 0.1) is 6.61 Å². The van der Waals surface area contributed by atoms with Gasteiger partial charge in [-0.3, -0.25) is 0 Å². The van der Waals surface area contributed by atoms with E-state index in [1.54, 1.807) is 0 Å². The number of benzene rings is 2. The lowest BCUT2D eigenvalue weighted by Gasteiger charge is -2.07. The van der Waals surface area contributed by atoms with Crippen molar-refractivity contribution in [2.24, 2.45) is 0 Å². The van der Waals surface area contributed by atoms with Crippen molar-refractivity contribution >= 4 is 23.2 Å². The van der Waals surface area contributed by atoms with Crippen molar-refractivity contribution < 1.29 is 4.74 Å². The normalized spacial score (nSPS) is 11.3. The molecule has 0 radical (unpaired) electrons. The topological polar surface area (TPSA) is 9.23 Å². The molecule has 40 heavy (non-hydrogen) atoms. The van der Waals surface area contributed by atoms with Crippen molar-refractivity contribution in [3.05, 3.63) is 71.3 Å². The van der Waals surface area contributed by atoms with Gasteiger partial charge in [0.15, 0.2) is 0 Å². The van der Waals surface area contributed by atoms with E-state index in [0.29, 0.717) is 0 Å². The zero-order valence-electron chi connectivity index (χ0n) is 25.9. The lowest BCUT2D eigenvalue weighted by molar-refractivity contribution is 0.304. The van der Waals surface area contributed by atoms with Gasteiger partial charge in [-0.15, -0.1) is 0 Å². The molecule has 2 aromatic carbocycles. The van der Waals surface area contributed by atoms with Gasteiger partial charge in [0.2, 0.25) is 0 Å². The number of hydrogen-bond acceptors (Lipinski definition) is 2. The Morgan fingerprint density at radius 2 is 1.05 bits per heavy atom. The van der Waals surface area contributed by atoms with E-state index >= 15 is 0 Å². The van der Waals surface area contributed by atoms with Crippen molar-refractivity contribution in [2.45, 2.75) is 142 Å². The molecular formula is C38H58OS. The van der Waals surface area contributed by atoms with Crippen LogP contribution >= 0.6 is 12.2 Å². The van der Waals surface area contributed by atoms with Crippen LogP contribution < -0.4 is 4.74 Å². The summed E-state index contributed by atoms with van der Waals surface area (Å²) in [4.78, 5) is 0.873. The Balaban J connectivity index is 1.41. The van der Waals surface area contributed by atoms with E-state index < -0.39 is 0 Å². The molecule has 0 spiro atoms. The van der Waals surface area contributed by atoms with E-state index in [1.807, 2.05) is 6.08 Å². The summed E-state index contributed by atoms with van der Waals surface area (Å²) in [6.45, 7) is 5.32. The molecule has 2 aromatic rings. The highest BCUT2D eigenvalue weighted by atomic mass is 32.1. The molecule has 0 aromatic heterocycles. The molecule has 0 unspecified atom stereocenters. The minimum Gasteiger partial charge on any atom is -0.494 e. The summed E-state index contributed by atoms with van der Waals surface area (Å²) >= 11 is 5.60. The smallest absolute Gasteiger partial charge is 0.119 e. The molecule has 0 aliphatic rings. The van der Waals surface area contributed by atoms with E-state index in [9.17, 15) is 0 Å². The van der Waals surface area contributed by atoms with Gasteiger partial charge in [-0.1, -0.05) is 184 Å². The number of allylic oxidation sites excluding steroid dienone is 1. The average molecular weight is 563 g/mol. The summed E-state index contributed by atoms with van der Waals surface area (Å²) in [5.41, 5.74) is 3.62. The summed E-state index contributed by atoms with van der Waals surface area (Å²) < 4.78 is 5.97. The second-order valence-electron chi connectivity index (χ2n) is 11.6. The van der Waals surface area contributed by atoms with Gasteiger partial charge in [0.25, 0.3) is 0 Å². The third-order valence-electron chi connectivity index (χ3n) is 7.85. The first kappa shape index (κ1) is 34.3. The minimum absolute atomic E-state index is 0.812. The molecule has 222 valence electrons. The molecule has 0 bridgehead atoms. The number of ether oxygens (including phenoxy) is 1. The molecule has 0 aliphatic carbocycles. The fourth-order valence-electron chi connectivity index (χ4n) is 5.26. The van der Waals surface area contributed by atoms with Crippen molar-refractivity contribution in [3.63, 3.8) is 0 Å². The van der Waals surface area contributed by atoms with Gasteiger partial charge in [-0.05, 0) is 47.7 Å². The third kappa shape index (κ3) is 17.0. The van der Waals surface area contributed by atoms with Crippen LogP contribution in [0.2, 0.25) is 0 Å². The Bertz CT molecular complexity index is 896. The van der Waals surface area contributed by atoms with Crippen LogP contribution in [0.15, 0.2) is 54.6 Å². The molecule has 0 N–H and O–H groups in total. The van der Waals surface area contributed by atoms with E-state index in [1.165, 1.54) is 121 Å². The first-order chi connectivity index (χ1) is 19.7. The van der Waals surface area contributed by atoms with Crippen molar-refractivity contribution in [1.82, 2.24) is 0 Å². The first-order valence-corrected chi connectivity index (χ1v) is 17.2. The van der Waals surface area contributed by atoms with E-state index in [-0.39, 0.29) is 0 Å². The summed E-state index contributed by atoms with van der Waals surface area (Å²) in [6, 6.07) is 17.0. The summed E-state index contributed by atoms with van der Waals surface area (Å²) in [5.74, 6) is 0.957. The average Bonchev–Trinajstić information content (AvgIpc) is 2.98. The maximum absolute atomic E-state index is 5.97. The van der Waals surface area contributed by atoms with Gasteiger partial charge < -0.3 is 4.74 Å². The Morgan fingerprint density at radius 3 is 1.52 bits per heavy atom. The maximum Gasteiger partial charge on any atom is 0.119 e.